The first kappa shape index (κ1) is 23.1. The average Bonchev–Trinajstić information content (AvgIpc) is 3.22. The molecule has 0 bridgehead atoms. The van der Waals surface area contributed by atoms with Gasteiger partial charge in [-0.1, -0.05) is 72.3 Å². The third-order valence-electron chi connectivity index (χ3n) is 5.69. The molecule has 3 aromatic rings. The minimum Gasteiger partial charge on any atom is -0.333 e. The van der Waals surface area contributed by atoms with Crippen molar-refractivity contribution in [1.82, 2.24) is 4.90 Å². The predicted octanol–water partition coefficient (Wildman–Crippen LogP) is 5.94. The third kappa shape index (κ3) is 5.46. The van der Waals surface area contributed by atoms with E-state index in [1.165, 1.54) is 12.1 Å². The molecule has 0 aromatic heterocycles. The highest BCUT2D eigenvalue weighted by Gasteiger charge is 2.30. The molecule has 0 radical (unpaired) electrons. The molecule has 3 nitrogen and oxygen atoms in total. The normalized spacial score (nSPS) is 14.5. The summed E-state index contributed by atoms with van der Waals surface area (Å²) in [6.45, 7) is 1.12. The molecule has 1 unspecified atom stereocenters. The molecule has 2 N–H and O–H groups in total. The van der Waals surface area contributed by atoms with Crippen LogP contribution in [0.2, 0.25) is 5.02 Å². The number of amides is 1. The zero-order valence-electron chi connectivity index (χ0n) is 17.6. The summed E-state index contributed by atoms with van der Waals surface area (Å²) in [5.74, 6) is -0.117. The molecule has 1 heterocycles. The molecule has 0 spiro atoms. The Labute approximate surface area is 195 Å². The van der Waals surface area contributed by atoms with E-state index in [-0.39, 0.29) is 5.91 Å². The van der Waals surface area contributed by atoms with Crippen molar-refractivity contribution < 1.29 is 18.0 Å². The number of benzene rings is 3. The average molecular weight is 471 g/mol. The van der Waals surface area contributed by atoms with Crippen molar-refractivity contribution in [3.63, 3.8) is 0 Å². The van der Waals surface area contributed by atoms with Crippen LogP contribution < -0.4 is 5.73 Å². The van der Waals surface area contributed by atoms with Gasteiger partial charge in [-0.15, -0.1) is 0 Å². The third-order valence-corrected chi connectivity index (χ3v) is 6.04. The van der Waals surface area contributed by atoms with Crippen molar-refractivity contribution in [2.45, 2.75) is 31.7 Å². The van der Waals surface area contributed by atoms with Gasteiger partial charge in [0.15, 0.2) is 0 Å². The van der Waals surface area contributed by atoms with Gasteiger partial charge in [0.25, 0.3) is 0 Å². The fraction of sp³-hybridized carbons (Fsp3) is 0.192. The molecule has 0 aliphatic carbocycles. The van der Waals surface area contributed by atoms with E-state index in [2.05, 4.69) is 0 Å². The predicted molar refractivity (Wildman–Crippen MR) is 124 cm³/mol. The summed E-state index contributed by atoms with van der Waals surface area (Å²) in [7, 11) is 0. The lowest BCUT2D eigenvalue weighted by Gasteiger charge is -2.20. The van der Waals surface area contributed by atoms with Gasteiger partial charge in [0, 0.05) is 18.1 Å². The fourth-order valence-corrected chi connectivity index (χ4v) is 4.12. The van der Waals surface area contributed by atoms with Gasteiger partial charge in [-0.2, -0.15) is 13.2 Å². The highest BCUT2D eigenvalue weighted by Crippen LogP contribution is 2.29. The number of hydrogen-bond donors (Lipinski definition) is 1. The standard InChI is InChI=1S/C26H22ClF3N2O/c27-23-13-18(6-5-17-8-11-22(12-9-17)26(28,29)30)7-10-19(23)14-24(31)25(33)32-15-20-3-1-2-4-21(20)16-32/h1-13,24H,14-16,31H2/b6-5+. The number of fused-ring (bicyclic) bond motifs is 1. The highest BCUT2D eigenvalue weighted by atomic mass is 35.5. The molecule has 0 fully saturated rings. The molecule has 1 atom stereocenters. The quantitative estimate of drug-likeness (QED) is 0.469. The number of halogens is 4. The molecule has 1 aliphatic rings. The van der Waals surface area contributed by atoms with Crippen molar-refractivity contribution >= 4 is 29.7 Å². The number of nitrogens with two attached hydrogens (primary N) is 1. The van der Waals surface area contributed by atoms with E-state index in [1.54, 1.807) is 23.1 Å². The minimum atomic E-state index is -4.35. The van der Waals surface area contributed by atoms with E-state index >= 15 is 0 Å². The number of hydrogen-bond acceptors (Lipinski definition) is 2. The largest absolute Gasteiger partial charge is 0.416 e. The SMILES string of the molecule is NC(Cc1ccc(/C=C/c2ccc(C(F)(F)F)cc2)cc1Cl)C(=O)N1Cc2ccccc2C1. The van der Waals surface area contributed by atoms with Gasteiger partial charge in [0.1, 0.15) is 0 Å². The number of rotatable bonds is 5. The number of alkyl halides is 3. The first-order valence-electron chi connectivity index (χ1n) is 10.5. The molecule has 1 amide bonds. The summed E-state index contributed by atoms with van der Waals surface area (Å²) in [4.78, 5) is 14.6. The number of carbonyl (C=O) groups excluding carboxylic acids is 1. The Bertz CT molecular complexity index is 1160. The first-order chi connectivity index (χ1) is 15.7. The van der Waals surface area contributed by atoms with Crippen molar-refractivity contribution in [2.24, 2.45) is 5.73 Å². The number of nitrogens with zero attached hydrogens (tertiary/aromatic N) is 1. The lowest BCUT2D eigenvalue weighted by Crippen LogP contribution is -2.42. The Morgan fingerprint density at radius 2 is 1.55 bits per heavy atom. The summed E-state index contributed by atoms with van der Waals surface area (Å²) >= 11 is 6.42. The Morgan fingerprint density at radius 1 is 0.970 bits per heavy atom. The first-order valence-corrected chi connectivity index (χ1v) is 10.8. The molecular weight excluding hydrogens is 449 g/mol. The van der Waals surface area contributed by atoms with Crippen molar-refractivity contribution in [2.75, 3.05) is 0 Å². The highest BCUT2D eigenvalue weighted by molar-refractivity contribution is 6.31. The summed E-state index contributed by atoms with van der Waals surface area (Å²) in [5, 5.41) is 0.484. The topological polar surface area (TPSA) is 46.3 Å². The molecule has 4 rings (SSSR count). The Morgan fingerprint density at radius 3 is 2.12 bits per heavy atom. The molecule has 7 heteroatoms. The van der Waals surface area contributed by atoms with Crippen LogP contribution in [-0.4, -0.2) is 16.8 Å². The van der Waals surface area contributed by atoms with Gasteiger partial charge >= 0.3 is 6.18 Å². The number of carbonyl (C=O) groups is 1. The van der Waals surface area contributed by atoms with Crippen LogP contribution >= 0.6 is 11.6 Å². The van der Waals surface area contributed by atoms with E-state index in [9.17, 15) is 18.0 Å². The van der Waals surface area contributed by atoms with Crippen LogP contribution in [0, 0.1) is 0 Å². The molecule has 33 heavy (non-hydrogen) atoms. The van der Waals surface area contributed by atoms with Crippen LogP contribution in [0.1, 0.15) is 33.4 Å². The van der Waals surface area contributed by atoms with Gasteiger partial charge in [-0.3, -0.25) is 4.79 Å². The van der Waals surface area contributed by atoms with Gasteiger partial charge in [-0.05, 0) is 52.4 Å². The van der Waals surface area contributed by atoms with E-state index in [0.29, 0.717) is 30.1 Å². The molecule has 0 saturated carbocycles. The van der Waals surface area contributed by atoms with Gasteiger partial charge in [0.05, 0.1) is 11.6 Å². The monoisotopic (exact) mass is 470 g/mol. The smallest absolute Gasteiger partial charge is 0.333 e. The van der Waals surface area contributed by atoms with Crippen molar-refractivity contribution in [1.29, 1.82) is 0 Å². The molecule has 170 valence electrons. The van der Waals surface area contributed by atoms with Crippen molar-refractivity contribution in [3.05, 3.63) is 105 Å². The van der Waals surface area contributed by atoms with Gasteiger partial charge < -0.3 is 10.6 Å². The maximum absolute atomic E-state index is 12.8. The molecular formula is C26H22ClF3N2O. The second-order valence-electron chi connectivity index (χ2n) is 8.08. The van der Waals surface area contributed by atoms with E-state index in [4.69, 9.17) is 17.3 Å². The lowest BCUT2D eigenvalue weighted by atomic mass is 10.0. The minimum absolute atomic E-state index is 0.117. The summed E-state index contributed by atoms with van der Waals surface area (Å²) < 4.78 is 38.0. The molecule has 3 aromatic carbocycles. The van der Waals surface area contributed by atoms with Crippen LogP contribution in [0.5, 0.6) is 0 Å². The maximum Gasteiger partial charge on any atom is 0.416 e. The van der Waals surface area contributed by atoms with Crippen molar-refractivity contribution in [3.8, 4) is 0 Å². The summed E-state index contributed by atoms with van der Waals surface area (Å²) in [6.07, 6.45) is -0.559. The second kappa shape index (κ2) is 9.41. The molecule has 0 saturated heterocycles. The van der Waals surface area contributed by atoms with Crippen LogP contribution in [0.3, 0.4) is 0 Å². The lowest BCUT2D eigenvalue weighted by molar-refractivity contribution is -0.137. The van der Waals surface area contributed by atoms with Crippen LogP contribution in [0.4, 0.5) is 13.2 Å². The zero-order chi connectivity index (χ0) is 23.6. The van der Waals surface area contributed by atoms with Gasteiger partial charge in [0.2, 0.25) is 5.91 Å². The zero-order valence-corrected chi connectivity index (χ0v) is 18.4. The Hall–Kier alpha value is -3.09. The van der Waals surface area contributed by atoms with E-state index in [1.807, 2.05) is 36.4 Å². The van der Waals surface area contributed by atoms with E-state index < -0.39 is 17.8 Å². The fourth-order valence-electron chi connectivity index (χ4n) is 3.86. The Balaban J connectivity index is 1.38. The Kier molecular flexibility index (Phi) is 6.58. The van der Waals surface area contributed by atoms with E-state index in [0.717, 1.165) is 34.4 Å². The second-order valence-corrected chi connectivity index (χ2v) is 8.48. The summed E-state index contributed by atoms with van der Waals surface area (Å²) in [6, 6.07) is 17.6. The van der Waals surface area contributed by atoms with Crippen LogP contribution in [-0.2, 0) is 30.5 Å². The van der Waals surface area contributed by atoms with Crippen LogP contribution in [0.15, 0.2) is 66.7 Å². The summed E-state index contributed by atoms with van der Waals surface area (Å²) in [5.41, 5.74) is 9.99. The van der Waals surface area contributed by atoms with Crippen LogP contribution in [0.25, 0.3) is 12.2 Å². The maximum atomic E-state index is 12.8. The molecule has 1 aliphatic heterocycles. The van der Waals surface area contributed by atoms with Gasteiger partial charge in [-0.25, -0.2) is 0 Å².